The molecule has 0 aliphatic carbocycles. The monoisotopic (exact) mass is 186 g/mol. The normalized spacial score (nSPS) is 10.2. The second kappa shape index (κ2) is 4.58. The minimum absolute atomic E-state index is 0.0306. The van der Waals surface area contributed by atoms with E-state index < -0.39 is 4.92 Å². The van der Waals surface area contributed by atoms with Crippen molar-refractivity contribution < 1.29 is 14.4 Å². The van der Waals surface area contributed by atoms with Crippen LogP contribution in [0.5, 0.6) is 0 Å². The molecule has 1 heterocycles. The molecule has 0 fully saturated rings. The molecule has 1 rings (SSSR count). The van der Waals surface area contributed by atoms with Crippen LogP contribution in [-0.4, -0.2) is 23.2 Å². The fraction of sp³-hybridized carbons (Fsp3) is 0.429. The van der Waals surface area contributed by atoms with E-state index in [1.807, 2.05) is 0 Å². The Morgan fingerprint density at radius 2 is 2.38 bits per heavy atom. The van der Waals surface area contributed by atoms with Crippen molar-refractivity contribution in [1.82, 2.24) is 5.32 Å². The van der Waals surface area contributed by atoms with Crippen LogP contribution in [0.2, 0.25) is 0 Å². The van der Waals surface area contributed by atoms with Crippen LogP contribution in [0.4, 0.5) is 5.88 Å². The first-order valence-electron chi connectivity index (χ1n) is 3.78. The highest BCUT2D eigenvalue weighted by atomic mass is 16.6. The number of nitrogens with one attached hydrogen (secondary N) is 1. The average Bonchev–Trinajstić information content (AvgIpc) is 2.53. The Morgan fingerprint density at radius 1 is 1.62 bits per heavy atom. The molecule has 0 spiro atoms. The van der Waals surface area contributed by atoms with E-state index in [0.717, 1.165) is 0 Å². The Morgan fingerprint density at radius 3 is 2.92 bits per heavy atom. The third-order valence-electron chi connectivity index (χ3n) is 1.42. The van der Waals surface area contributed by atoms with Gasteiger partial charge in [-0.1, -0.05) is 0 Å². The maximum atomic E-state index is 10.2. The molecule has 0 atom stereocenters. The molecule has 6 nitrogen and oxygen atoms in total. The topological polar surface area (TPSA) is 88.5 Å². The van der Waals surface area contributed by atoms with Crippen molar-refractivity contribution in [2.75, 3.05) is 13.2 Å². The van der Waals surface area contributed by atoms with Crippen LogP contribution in [0.15, 0.2) is 16.5 Å². The zero-order valence-corrected chi connectivity index (χ0v) is 6.90. The molecule has 0 aromatic carbocycles. The van der Waals surface area contributed by atoms with Crippen molar-refractivity contribution in [3.05, 3.63) is 28.0 Å². The van der Waals surface area contributed by atoms with Crippen LogP contribution in [0, 0.1) is 10.1 Å². The quantitative estimate of drug-likeness (QED) is 0.391. The van der Waals surface area contributed by atoms with E-state index in [1.165, 1.54) is 12.1 Å². The largest absolute Gasteiger partial charge is 0.433 e. The van der Waals surface area contributed by atoms with E-state index in [1.54, 1.807) is 0 Å². The van der Waals surface area contributed by atoms with Gasteiger partial charge in [0.1, 0.15) is 10.7 Å². The van der Waals surface area contributed by atoms with Crippen molar-refractivity contribution in [3.63, 3.8) is 0 Å². The molecule has 0 aliphatic heterocycles. The maximum Gasteiger partial charge on any atom is 0.433 e. The van der Waals surface area contributed by atoms with Crippen molar-refractivity contribution in [2.45, 2.75) is 6.54 Å². The third-order valence-corrected chi connectivity index (χ3v) is 1.42. The summed E-state index contributed by atoms with van der Waals surface area (Å²) in [6.07, 6.45) is 0. The highest BCUT2D eigenvalue weighted by Gasteiger charge is 2.10. The van der Waals surface area contributed by atoms with E-state index in [4.69, 9.17) is 9.52 Å². The fourth-order valence-electron chi connectivity index (χ4n) is 0.850. The lowest BCUT2D eigenvalue weighted by Gasteiger charge is -1.96. The minimum atomic E-state index is -0.588. The lowest BCUT2D eigenvalue weighted by Crippen LogP contribution is -2.16. The highest BCUT2D eigenvalue weighted by Crippen LogP contribution is 2.14. The van der Waals surface area contributed by atoms with Crippen molar-refractivity contribution in [1.29, 1.82) is 0 Å². The third kappa shape index (κ3) is 2.85. The predicted molar refractivity (Wildman–Crippen MR) is 44.2 cm³/mol. The van der Waals surface area contributed by atoms with Gasteiger partial charge in [0.05, 0.1) is 19.2 Å². The van der Waals surface area contributed by atoms with E-state index in [9.17, 15) is 10.1 Å². The summed E-state index contributed by atoms with van der Waals surface area (Å²) in [5, 5.41) is 21.5. The van der Waals surface area contributed by atoms with Gasteiger partial charge in [0, 0.05) is 6.54 Å². The summed E-state index contributed by atoms with van der Waals surface area (Å²) >= 11 is 0. The maximum absolute atomic E-state index is 10.2. The highest BCUT2D eigenvalue weighted by molar-refractivity contribution is 5.17. The number of rotatable bonds is 5. The van der Waals surface area contributed by atoms with Crippen LogP contribution >= 0.6 is 0 Å². The van der Waals surface area contributed by atoms with Gasteiger partial charge < -0.3 is 14.8 Å². The number of furan rings is 1. The van der Waals surface area contributed by atoms with Crippen LogP contribution in [0.3, 0.4) is 0 Å². The Bertz CT molecular complexity index is 284. The molecule has 1 aromatic heterocycles. The smallest absolute Gasteiger partial charge is 0.404 e. The fourth-order valence-corrected chi connectivity index (χ4v) is 0.850. The summed E-state index contributed by atoms with van der Waals surface area (Å²) in [6.45, 7) is 0.853. The molecule has 72 valence electrons. The number of nitrogens with zero attached hydrogens (tertiary/aromatic N) is 1. The van der Waals surface area contributed by atoms with Gasteiger partial charge in [0.2, 0.25) is 0 Å². The molecule has 0 aliphatic rings. The van der Waals surface area contributed by atoms with Crippen LogP contribution < -0.4 is 5.32 Å². The van der Waals surface area contributed by atoms with E-state index in [2.05, 4.69) is 5.32 Å². The van der Waals surface area contributed by atoms with Gasteiger partial charge in [0.25, 0.3) is 0 Å². The Hall–Kier alpha value is -1.40. The van der Waals surface area contributed by atoms with Crippen molar-refractivity contribution >= 4 is 5.88 Å². The number of hydrogen-bond acceptors (Lipinski definition) is 5. The van der Waals surface area contributed by atoms with Crippen molar-refractivity contribution in [3.8, 4) is 0 Å². The van der Waals surface area contributed by atoms with E-state index in [-0.39, 0.29) is 12.5 Å². The van der Waals surface area contributed by atoms with E-state index in [0.29, 0.717) is 18.8 Å². The number of aliphatic hydroxyl groups is 1. The zero-order chi connectivity index (χ0) is 9.68. The van der Waals surface area contributed by atoms with Gasteiger partial charge in [-0.15, -0.1) is 0 Å². The summed E-state index contributed by atoms with van der Waals surface area (Å²) < 4.78 is 4.85. The first kappa shape index (κ1) is 9.69. The second-order valence-corrected chi connectivity index (χ2v) is 2.40. The molecule has 0 unspecified atom stereocenters. The summed E-state index contributed by atoms with van der Waals surface area (Å²) in [6, 6.07) is 2.83. The minimum Gasteiger partial charge on any atom is -0.404 e. The molecule has 1 aromatic rings. The molecule has 2 N–H and O–H groups in total. The molecule has 0 radical (unpaired) electrons. The lowest BCUT2D eigenvalue weighted by atomic mass is 10.4. The van der Waals surface area contributed by atoms with Crippen LogP contribution in [-0.2, 0) is 6.54 Å². The molecule has 0 saturated heterocycles. The molecule has 0 amide bonds. The van der Waals surface area contributed by atoms with Crippen LogP contribution in [0.25, 0.3) is 0 Å². The number of hydrogen-bond donors (Lipinski definition) is 2. The molecular weight excluding hydrogens is 176 g/mol. The standard InChI is InChI=1S/C7H10N2O4/c10-4-3-8-5-6-1-2-7(13-6)9(11)12/h1-2,8,10H,3-5H2. The van der Waals surface area contributed by atoms with E-state index >= 15 is 0 Å². The van der Waals surface area contributed by atoms with Gasteiger partial charge >= 0.3 is 5.88 Å². The molecule has 6 heteroatoms. The summed E-state index contributed by atoms with van der Waals surface area (Å²) in [5.74, 6) is 0.223. The summed E-state index contributed by atoms with van der Waals surface area (Å²) in [5.41, 5.74) is 0. The second-order valence-electron chi connectivity index (χ2n) is 2.40. The van der Waals surface area contributed by atoms with Gasteiger partial charge in [-0.25, -0.2) is 0 Å². The van der Waals surface area contributed by atoms with Crippen LogP contribution in [0.1, 0.15) is 5.76 Å². The Kier molecular flexibility index (Phi) is 3.41. The number of aliphatic hydroxyl groups excluding tert-OH is 1. The Labute approximate surface area is 74.3 Å². The number of nitro groups is 1. The van der Waals surface area contributed by atoms with Gasteiger partial charge in [-0.05, 0) is 6.07 Å². The zero-order valence-electron chi connectivity index (χ0n) is 6.90. The Balaban J connectivity index is 2.44. The molecule has 0 saturated carbocycles. The first-order valence-corrected chi connectivity index (χ1v) is 3.78. The van der Waals surface area contributed by atoms with Gasteiger partial charge in [-0.3, -0.25) is 10.1 Å². The lowest BCUT2D eigenvalue weighted by molar-refractivity contribution is -0.402. The first-order chi connectivity index (χ1) is 6.24. The van der Waals surface area contributed by atoms with Gasteiger partial charge in [-0.2, -0.15) is 0 Å². The van der Waals surface area contributed by atoms with Crippen molar-refractivity contribution in [2.24, 2.45) is 0 Å². The molecule has 13 heavy (non-hydrogen) atoms. The molecule has 0 bridgehead atoms. The predicted octanol–water partition coefficient (Wildman–Crippen LogP) is 0.270. The van der Waals surface area contributed by atoms with Gasteiger partial charge in [0.15, 0.2) is 0 Å². The average molecular weight is 186 g/mol. The summed E-state index contributed by atoms with van der Waals surface area (Å²) in [4.78, 5) is 9.61. The molecular formula is C7H10N2O4. The SMILES string of the molecule is O=[N+]([O-])c1ccc(CNCCO)o1. The summed E-state index contributed by atoms with van der Waals surface area (Å²) in [7, 11) is 0.